The van der Waals surface area contributed by atoms with Crippen molar-refractivity contribution in [3.05, 3.63) is 12.7 Å². The minimum atomic E-state index is -2.02. The van der Waals surface area contributed by atoms with E-state index in [1.54, 1.807) is 0 Å². The van der Waals surface area contributed by atoms with Gasteiger partial charge < -0.3 is 28.9 Å². The molecule has 0 aromatic rings. The van der Waals surface area contributed by atoms with Crippen molar-refractivity contribution >= 4 is 32.8 Å². The quantitative estimate of drug-likeness (QED) is 0.202. The molecule has 0 heterocycles. The maximum Gasteiger partial charge on any atom is 0.327 e. The number of carboxylic acids is 1. The molecule has 3 N–H and O–H groups in total. The van der Waals surface area contributed by atoms with Crippen LogP contribution in [0.2, 0.25) is 45.3 Å². The van der Waals surface area contributed by atoms with Crippen LogP contribution in [0.5, 0.6) is 0 Å². The standard InChI is InChI=1S/C12H32O5Si3.C3H4O2/c1-19(2,3)16-12(11(14)10-13,15-8-7-9-18)17-20(4,5)6;1-2-3(4)5/h11,13-14H,7-10H2,1-6,18H3;2H,1H2,(H,4,5). The Balaban J connectivity index is 0. The Kier molecular flexibility index (Phi) is 13.0. The summed E-state index contributed by atoms with van der Waals surface area (Å²) in [5, 5.41) is 27.2. The maximum atomic E-state index is 10.2. The van der Waals surface area contributed by atoms with E-state index in [1.807, 2.05) is 39.3 Å². The van der Waals surface area contributed by atoms with Crippen LogP contribution < -0.4 is 0 Å². The molecule has 150 valence electrons. The highest BCUT2D eigenvalue weighted by atomic mass is 28.4. The summed E-state index contributed by atoms with van der Waals surface area (Å²) in [4.78, 5) is 9.25. The van der Waals surface area contributed by atoms with Crippen molar-refractivity contribution in [3.8, 4) is 0 Å². The summed E-state index contributed by atoms with van der Waals surface area (Å²) in [5.74, 6) is -2.51. The minimum Gasteiger partial charge on any atom is -0.478 e. The predicted octanol–water partition coefficient (Wildman–Crippen LogP) is 1.14. The molecular formula is C15H36O7Si3. The zero-order chi connectivity index (χ0) is 20.3. The van der Waals surface area contributed by atoms with Gasteiger partial charge in [0.05, 0.1) is 13.2 Å². The summed E-state index contributed by atoms with van der Waals surface area (Å²) in [6.07, 6.45) is 0.547. The van der Waals surface area contributed by atoms with Crippen LogP contribution in [0.25, 0.3) is 0 Å². The number of ether oxygens (including phenoxy) is 1. The smallest absolute Gasteiger partial charge is 0.327 e. The summed E-state index contributed by atoms with van der Waals surface area (Å²) < 4.78 is 17.9. The van der Waals surface area contributed by atoms with Crippen molar-refractivity contribution in [2.75, 3.05) is 13.2 Å². The molecule has 0 aliphatic rings. The second-order valence-electron chi connectivity index (χ2n) is 7.48. The molecule has 0 saturated heterocycles. The maximum absolute atomic E-state index is 10.2. The van der Waals surface area contributed by atoms with E-state index in [0.717, 1.165) is 28.8 Å². The number of carboxylic acid groups (broad SMARTS) is 1. The SMILES string of the molecule is C=CC(=O)O.C[Si](C)(C)OC(OCCC[SiH3])(O[Si](C)(C)C)C(O)CO. The molecule has 0 radical (unpaired) electrons. The molecule has 0 aliphatic carbocycles. The largest absolute Gasteiger partial charge is 0.478 e. The molecule has 0 spiro atoms. The lowest BCUT2D eigenvalue weighted by Crippen LogP contribution is -2.60. The lowest BCUT2D eigenvalue weighted by molar-refractivity contribution is -0.356. The number of hydrogen-bond acceptors (Lipinski definition) is 6. The van der Waals surface area contributed by atoms with Gasteiger partial charge in [-0.15, -0.1) is 0 Å². The summed E-state index contributed by atoms with van der Waals surface area (Å²) in [5.41, 5.74) is 0. The Morgan fingerprint density at radius 3 is 1.84 bits per heavy atom. The highest BCUT2D eigenvalue weighted by Crippen LogP contribution is 2.29. The summed E-state index contributed by atoms with van der Waals surface area (Å²) in [6, 6.07) is 1.12. The third kappa shape index (κ3) is 14.5. The van der Waals surface area contributed by atoms with Gasteiger partial charge in [-0.1, -0.05) is 12.6 Å². The first-order valence-corrected chi connectivity index (χ1v) is 16.6. The number of aliphatic hydroxyl groups excluding tert-OH is 2. The van der Waals surface area contributed by atoms with E-state index in [-0.39, 0.29) is 0 Å². The van der Waals surface area contributed by atoms with Crippen LogP contribution in [-0.2, 0) is 18.4 Å². The van der Waals surface area contributed by atoms with Crippen molar-refractivity contribution in [1.82, 2.24) is 0 Å². The molecule has 0 aromatic carbocycles. The Labute approximate surface area is 156 Å². The number of aliphatic carboxylic acids is 1. The molecule has 10 heteroatoms. The van der Waals surface area contributed by atoms with Crippen LogP contribution in [0, 0.1) is 0 Å². The van der Waals surface area contributed by atoms with E-state index in [1.165, 1.54) is 0 Å². The normalized spacial score (nSPS) is 13.8. The second kappa shape index (κ2) is 12.1. The summed E-state index contributed by atoms with van der Waals surface area (Å²) in [6.45, 7) is 15.0. The first-order valence-electron chi connectivity index (χ1n) is 8.41. The molecule has 7 nitrogen and oxygen atoms in total. The molecule has 0 saturated carbocycles. The van der Waals surface area contributed by atoms with Crippen LogP contribution in [0.4, 0.5) is 0 Å². The van der Waals surface area contributed by atoms with Crippen molar-refractivity contribution in [1.29, 1.82) is 0 Å². The van der Waals surface area contributed by atoms with Gasteiger partial charge in [-0.2, -0.15) is 0 Å². The Morgan fingerprint density at radius 2 is 1.60 bits per heavy atom. The molecule has 0 rings (SSSR count). The molecule has 0 aliphatic heterocycles. The number of carbonyl (C=O) groups is 1. The van der Waals surface area contributed by atoms with E-state index < -0.39 is 41.3 Å². The van der Waals surface area contributed by atoms with Crippen LogP contribution in [0.15, 0.2) is 12.7 Å². The van der Waals surface area contributed by atoms with Crippen molar-refractivity contribution < 1.29 is 33.7 Å². The molecule has 1 atom stereocenters. The predicted molar refractivity (Wildman–Crippen MR) is 108 cm³/mol. The fraction of sp³-hybridized carbons (Fsp3) is 0.800. The van der Waals surface area contributed by atoms with Gasteiger partial charge in [-0.3, -0.25) is 0 Å². The Bertz CT molecular complexity index is 376. The van der Waals surface area contributed by atoms with Gasteiger partial charge in [-0.25, -0.2) is 4.79 Å². The molecule has 0 bridgehead atoms. The van der Waals surface area contributed by atoms with Gasteiger partial charge in [0.25, 0.3) is 5.97 Å². The van der Waals surface area contributed by atoms with Crippen molar-refractivity contribution in [3.63, 3.8) is 0 Å². The van der Waals surface area contributed by atoms with Crippen LogP contribution in [0.3, 0.4) is 0 Å². The zero-order valence-corrected chi connectivity index (χ0v) is 20.7. The van der Waals surface area contributed by atoms with E-state index in [0.29, 0.717) is 6.61 Å². The first kappa shape index (κ1) is 26.9. The molecule has 0 fully saturated rings. The van der Waals surface area contributed by atoms with Crippen molar-refractivity contribution in [2.24, 2.45) is 0 Å². The van der Waals surface area contributed by atoms with E-state index in [2.05, 4.69) is 6.58 Å². The fourth-order valence-electron chi connectivity index (χ4n) is 1.64. The van der Waals surface area contributed by atoms with Gasteiger partial charge in [0.2, 0.25) is 0 Å². The second-order valence-corrected chi connectivity index (χ2v) is 17.3. The monoisotopic (exact) mass is 412 g/mol. The Morgan fingerprint density at radius 1 is 1.20 bits per heavy atom. The average Bonchev–Trinajstić information content (AvgIpc) is 2.43. The Hall–Kier alpha value is -0.339. The van der Waals surface area contributed by atoms with Crippen molar-refractivity contribution in [2.45, 2.75) is 63.8 Å². The number of aliphatic hydroxyl groups is 2. The molecule has 25 heavy (non-hydrogen) atoms. The molecule has 0 amide bonds. The fourth-order valence-corrected chi connectivity index (χ4v) is 4.19. The molecular weight excluding hydrogens is 376 g/mol. The van der Waals surface area contributed by atoms with Gasteiger partial charge in [-0.05, 0) is 45.7 Å². The molecule has 1 unspecified atom stereocenters. The summed E-state index contributed by atoms with van der Waals surface area (Å²) in [7, 11) is -2.93. The van der Waals surface area contributed by atoms with E-state index in [9.17, 15) is 15.0 Å². The summed E-state index contributed by atoms with van der Waals surface area (Å²) >= 11 is 0. The van der Waals surface area contributed by atoms with Gasteiger partial charge in [0.15, 0.2) is 22.7 Å². The molecule has 0 aromatic heterocycles. The van der Waals surface area contributed by atoms with Crippen LogP contribution in [0.1, 0.15) is 6.42 Å². The van der Waals surface area contributed by atoms with Gasteiger partial charge >= 0.3 is 5.97 Å². The highest BCUT2D eigenvalue weighted by molar-refractivity contribution is 6.71. The van der Waals surface area contributed by atoms with Crippen LogP contribution in [-0.4, -0.2) is 73.5 Å². The average molecular weight is 413 g/mol. The van der Waals surface area contributed by atoms with Gasteiger partial charge in [0.1, 0.15) is 0 Å². The van der Waals surface area contributed by atoms with E-state index >= 15 is 0 Å². The zero-order valence-electron chi connectivity index (χ0n) is 16.7. The topological polar surface area (TPSA) is 105 Å². The lowest BCUT2D eigenvalue weighted by Gasteiger charge is -2.44. The first-order chi connectivity index (χ1) is 11.2. The number of hydrogen-bond donors (Lipinski definition) is 3. The van der Waals surface area contributed by atoms with E-state index in [4.69, 9.17) is 18.7 Å². The minimum absolute atomic E-state index is 0.449. The van der Waals surface area contributed by atoms with Gasteiger partial charge in [0, 0.05) is 16.3 Å². The third-order valence-electron chi connectivity index (χ3n) is 2.45. The highest BCUT2D eigenvalue weighted by Gasteiger charge is 2.47. The van der Waals surface area contributed by atoms with Crippen LogP contribution >= 0.6 is 0 Å². The number of rotatable bonds is 11. The lowest BCUT2D eigenvalue weighted by atomic mass is 10.3. The third-order valence-corrected chi connectivity index (χ3v) is 4.95.